The number of amides is 1. The third-order valence-electron chi connectivity index (χ3n) is 7.31. The van der Waals surface area contributed by atoms with E-state index in [1.165, 1.54) is 56.4 Å². The average Bonchev–Trinajstić information content (AvgIpc) is 3.14. The normalized spacial score (nSPS) is 31.0. The first-order valence-corrected chi connectivity index (χ1v) is 11.6. The van der Waals surface area contributed by atoms with Crippen LogP contribution in [-0.2, 0) is 4.79 Å². The number of halogens is 1. The summed E-state index contributed by atoms with van der Waals surface area (Å²) in [6.07, 6.45) is 8.06. The molecule has 5 nitrogen and oxygen atoms in total. The molecule has 1 heterocycles. The minimum absolute atomic E-state index is 0.0236. The van der Waals surface area contributed by atoms with Gasteiger partial charge in [0.1, 0.15) is 5.82 Å². The predicted octanol–water partition coefficient (Wildman–Crippen LogP) is 4.42. The topological polar surface area (TPSA) is 70.7 Å². The van der Waals surface area contributed by atoms with Crippen LogP contribution in [0.4, 0.5) is 4.39 Å². The summed E-state index contributed by atoms with van der Waals surface area (Å²) in [5, 5.41) is 10.6. The summed E-state index contributed by atoms with van der Waals surface area (Å²) >= 11 is 1.28. The van der Waals surface area contributed by atoms with Crippen LogP contribution in [0.3, 0.4) is 0 Å². The number of rotatable bonds is 6. The van der Waals surface area contributed by atoms with Crippen molar-refractivity contribution in [2.24, 2.45) is 23.2 Å². The molecule has 4 fully saturated rings. The molecule has 4 saturated carbocycles. The van der Waals surface area contributed by atoms with Crippen LogP contribution >= 0.6 is 11.8 Å². The lowest BCUT2D eigenvalue weighted by atomic mass is 9.48. The van der Waals surface area contributed by atoms with Crippen LogP contribution in [0.15, 0.2) is 29.4 Å². The van der Waals surface area contributed by atoms with Crippen molar-refractivity contribution in [2.45, 2.75) is 56.6 Å². The molecular formula is C22H27FN4OS. The lowest BCUT2D eigenvalue weighted by Gasteiger charge is -2.59. The number of benzene rings is 1. The highest BCUT2D eigenvalue weighted by Gasteiger charge is 2.53. The summed E-state index contributed by atoms with van der Waals surface area (Å²) in [7, 11) is 0. The zero-order valence-corrected chi connectivity index (χ0v) is 17.5. The summed E-state index contributed by atoms with van der Waals surface area (Å²) in [6.45, 7) is 2.19. The van der Waals surface area contributed by atoms with E-state index < -0.39 is 0 Å². The number of nitrogens with zero attached hydrogens (tertiary/aromatic N) is 2. The molecule has 29 heavy (non-hydrogen) atoms. The molecule has 4 bridgehead atoms. The molecule has 1 amide bonds. The molecule has 4 aliphatic rings. The van der Waals surface area contributed by atoms with Gasteiger partial charge in [0.2, 0.25) is 11.1 Å². The second-order valence-corrected chi connectivity index (χ2v) is 10.2. The van der Waals surface area contributed by atoms with Gasteiger partial charge in [-0.05, 0) is 80.8 Å². The van der Waals surface area contributed by atoms with Gasteiger partial charge in [-0.1, -0.05) is 23.9 Å². The minimum Gasteiger partial charge on any atom is -0.352 e. The van der Waals surface area contributed by atoms with E-state index in [2.05, 4.69) is 27.4 Å². The zero-order chi connectivity index (χ0) is 20.0. The van der Waals surface area contributed by atoms with Crippen LogP contribution in [0.1, 0.15) is 45.4 Å². The average molecular weight is 415 g/mol. The third-order valence-corrected chi connectivity index (χ3v) is 8.16. The maximum atomic E-state index is 13.9. The van der Waals surface area contributed by atoms with Gasteiger partial charge in [-0.25, -0.2) is 9.37 Å². The van der Waals surface area contributed by atoms with Crippen molar-refractivity contribution in [1.82, 2.24) is 20.5 Å². The Kier molecular flexibility index (Phi) is 4.88. The molecule has 154 valence electrons. The van der Waals surface area contributed by atoms with Crippen LogP contribution in [0.5, 0.6) is 0 Å². The number of hydrogen-bond donors (Lipinski definition) is 2. The highest BCUT2D eigenvalue weighted by Crippen LogP contribution is 2.61. The maximum Gasteiger partial charge on any atom is 0.230 e. The molecule has 1 atom stereocenters. The Labute approximate surface area is 174 Å². The first kappa shape index (κ1) is 19.1. The Morgan fingerprint density at radius 2 is 1.90 bits per heavy atom. The molecule has 2 N–H and O–H groups in total. The molecule has 0 radical (unpaired) electrons. The predicted molar refractivity (Wildman–Crippen MR) is 111 cm³/mol. The summed E-state index contributed by atoms with van der Waals surface area (Å²) in [4.78, 5) is 16.9. The Balaban J connectivity index is 1.17. The van der Waals surface area contributed by atoms with Gasteiger partial charge in [0.25, 0.3) is 0 Å². The van der Waals surface area contributed by atoms with E-state index in [4.69, 9.17) is 0 Å². The SMILES string of the molecule is C[C@H](NC(=O)CSc1n[nH]c(-c2ccccc2F)n1)C12CC3CC(CC(C3)C1)C2. The molecule has 4 aliphatic carbocycles. The highest BCUT2D eigenvalue weighted by atomic mass is 32.2. The second-order valence-electron chi connectivity index (χ2n) is 9.30. The van der Waals surface area contributed by atoms with Crippen LogP contribution in [0.2, 0.25) is 0 Å². The van der Waals surface area contributed by atoms with Crippen molar-refractivity contribution in [3.05, 3.63) is 30.1 Å². The number of hydrogen-bond acceptors (Lipinski definition) is 4. The molecule has 0 spiro atoms. The van der Waals surface area contributed by atoms with Crippen molar-refractivity contribution in [3.63, 3.8) is 0 Å². The molecule has 6 rings (SSSR count). The summed E-state index contributed by atoms with van der Waals surface area (Å²) < 4.78 is 13.9. The fourth-order valence-electron chi connectivity index (χ4n) is 6.36. The molecule has 0 aliphatic heterocycles. The number of aromatic nitrogens is 3. The monoisotopic (exact) mass is 414 g/mol. The molecule has 2 aromatic rings. The zero-order valence-electron chi connectivity index (χ0n) is 16.7. The Morgan fingerprint density at radius 3 is 2.55 bits per heavy atom. The fraction of sp³-hybridized carbons (Fsp3) is 0.591. The first-order chi connectivity index (χ1) is 14.0. The van der Waals surface area contributed by atoms with E-state index in [1.54, 1.807) is 18.2 Å². The second kappa shape index (κ2) is 7.42. The van der Waals surface area contributed by atoms with Gasteiger partial charge in [0, 0.05) is 6.04 Å². The van der Waals surface area contributed by atoms with Crippen LogP contribution in [0.25, 0.3) is 11.4 Å². The van der Waals surface area contributed by atoms with Crippen LogP contribution < -0.4 is 5.32 Å². The van der Waals surface area contributed by atoms with Gasteiger partial charge in [0.05, 0.1) is 11.3 Å². The van der Waals surface area contributed by atoms with Crippen molar-refractivity contribution in [1.29, 1.82) is 0 Å². The number of carbonyl (C=O) groups is 1. The number of nitrogens with one attached hydrogen (secondary N) is 2. The number of aromatic amines is 1. The lowest BCUT2D eigenvalue weighted by Crippen LogP contribution is -2.56. The van der Waals surface area contributed by atoms with Crippen LogP contribution in [-0.4, -0.2) is 32.9 Å². The highest BCUT2D eigenvalue weighted by molar-refractivity contribution is 7.99. The molecular weight excluding hydrogens is 387 g/mol. The molecule has 0 unspecified atom stereocenters. The number of carbonyl (C=O) groups excluding carboxylic acids is 1. The Hall–Kier alpha value is -1.89. The smallest absolute Gasteiger partial charge is 0.230 e. The Bertz CT molecular complexity index is 878. The van der Waals surface area contributed by atoms with E-state index in [0.717, 1.165) is 17.8 Å². The standard InChI is InChI=1S/C22H27FN4OS/c1-13(22-9-14-6-15(10-22)8-16(7-14)11-22)24-19(28)12-29-21-25-20(26-27-21)17-4-2-3-5-18(17)23/h2-5,13-16H,6-12H2,1H3,(H,24,28)(H,25,26,27)/t13-,14?,15?,16?,22?/m0/s1. The minimum atomic E-state index is -0.345. The van der Waals surface area contributed by atoms with Crippen molar-refractivity contribution >= 4 is 17.7 Å². The fourth-order valence-corrected chi connectivity index (χ4v) is 6.97. The van der Waals surface area contributed by atoms with Crippen molar-refractivity contribution in [2.75, 3.05) is 5.75 Å². The Morgan fingerprint density at radius 1 is 1.24 bits per heavy atom. The largest absolute Gasteiger partial charge is 0.352 e. The lowest BCUT2D eigenvalue weighted by molar-refractivity contribution is -0.123. The summed E-state index contributed by atoms with van der Waals surface area (Å²) in [6, 6.07) is 6.66. The number of H-pyrrole nitrogens is 1. The molecule has 1 aromatic carbocycles. The van der Waals surface area contributed by atoms with Gasteiger partial charge in [-0.2, -0.15) is 0 Å². The summed E-state index contributed by atoms with van der Waals surface area (Å²) in [5.41, 5.74) is 0.684. The van der Waals surface area contributed by atoms with E-state index in [0.29, 0.717) is 22.0 Å². The van der Waals surface area contributed by atoms with Gasteiger partial charge < -0.3 is 5.32 Å². The maximum absolute atomic E-state index is 13.9. The number of thioether (sulfide) groups is 1. The molecule has 0 saturated heterocycles. The quantitative estimate of drug-likeness (QED) is 0.687. The van der Waals surface area contributed by atoms with Gasteiger partial charge >= 0.3 is 0 Å². The molecule has 1 aromatic heterocycles. The first-order valence-electron chi connectivity index (χ1n) is 10.6. The van der Waals surface area contributed by atoms with Gasteiger partial charge in [0.15, 0.2) is 5.82 Å². The van der Waals surface area contributed by atoms with Crippen LogP contribution in [0, 0.1) is 29.0 Å². The van der Waals surface area contributed by atoms with Gasteiger partial charge in [-0.15, -0.1) is 5.10 Å². The van der Waals surface area contributed by atoms with E-state index >= 15 is 0 Å². The van der Waals surface area contributed by atoms with Crippen molar-refractivity contribution < 1.29 is 9.18 Å². The van der Waals surface area contributed by atoms with E-state index in [1.807, 2.05) is 0 Å². The van der Waals surface area contributed by atoms with E-state index in [-0.39, 0.29) is 23.5 Å². The molecule has 7 heteroatoms. The van der Waals surface area contributed by atoms with E-state index in [9.17, 15) is 9.18 Å². The van der Waals surface area contributed by atoms with Gasteiger partial charge in [-0.3, -0.25) is 9.89 Å². The summed E-state index contributed by atoms with van der Waals surface area (Å²) in [5.74, 6) is 2.96. The third kappa shape index (κ3) is 3.69. The van der Waals surface area contributed by atoms with Crippen molar-refractivity contribution in [3.8, 4) is 11.4 Å².